The van der Waals surface area contributed by atoms with Gasteiger partial charge in [0, 0.05) is 16.6 Å². The Morgan fingerprint density at radius 3 is 2.09 bits per heavy atom. The summed E-state index contributed by atoms with van der Waals surface area (Å²) in [7, 11) is 0. The summed E-state index contributed by atoms with van der Waals surface area (Å²) in [5, 5.41) is 18.9. The first-order chi connectivity index (χ1) is 10.3. The minimum Gasteiger partial charge on any atom is -0.478 e. The van der Waals surface area contributed by atoms with Crippen LogP contribution in [0.25, 0.3) is 11.1 Å². The van der Waals surface area contributed by atoms with Crippen LogP contribution in [0.1, 0.15) is 31.8 Å². The molecule has 0 amide bonds. The van der Waals surface area contributed by atoms with Crippen molar-refractivity contribution in [2.24, 2.45) is 5.73 Å². The van der Waals surface area contributed by atoms with Gasteiger partial charge >= 0.3 is 11.9 Å². The van der Waals surface area contributed by atoms with Crippen LogP contribution in [0, 0.1) is 6.92 Å². The predicted molar refractivity (Wildman–Crippen MR) is 86.1 cm³/mol. The molecule has 0 bridgehead atoms. The van der Waals surface area contributed by atoms with Crippen LogP contribution in [-0.2, 0) is 6.54 Å². The van der Waals surface area contributed by atoms with Crippen LogP contribution in [0.2, 0.25) is 0 Å². The normalized spacial score (nSPS) is 10.5. The lowest BCUT2D eigenvalue weighted by atomic mass is 9.89. The minimum atomic E-state index is -1.17. The SMILES string of the molecule is Cc1cc(C(=O)O)c(-c2ccc(Br)cc2CN)c(C(=O)O)c1. The van der Waals surface area contributed by atoms with E-state index in [2.05, 4.69) is 15.9 Å². The summed E-state index contributed by atoms with van der Waals surface area (Å²) >= 11 is 3.33. The van der Waals surface area contributed by atoms with Gasteiger partial charge in [0.15, 0.2) is 0 Å². The Morgan fingerprint density at radius 2 is 1.64 bits per heavy atom. The summed E-state index contributed by atoms with van der Waals surface area (Å²) in [6, 6.07) is 8.09. The van der Waals surface area contributed by atoms with Crippen LogP contribution in [0.15, 0.2) is 34.8 Å². The van der Waals surface area contributed by atoms with Crippen LogP contribution in [0.4, 0.5) is 0 Å². The lowest BCUT2D eigenvalue weighted by Gasteiger charge is -2.15. The highest BCUT2D eigenvalue weighted by Gasteiger charge is 2.22. The highest BCUT2D eigenvalue weighted by molar-refractivity contribution is 9.10. The van der Waals surface area contributed by atoms with Crippen molar-refractivity contribution in [2.75, 3.05) is 0 Å². The van der Waals surface area contributed by atoms with E-state index in [9.17, 15) is 19.8 Å². The summed E-state index contributed by atoms with van der Waals surface area (Å²) in [6.45, 7) is 1.83. The average Bonchev–Trinajstić information content (AvgIpc) is 2.46. The molecule has 5 nitrogen and oxygen atoms in total. The molecule has 0 heterocycles. The van der Waals surface area contributed by atoms with Crippen LogP contribution >= 0.6 is 15.9 Å². The molecule has 0 saturated carbocycles. The minimum absolute atomic E-state index is 0.0468. The van der Waals surface area contributed by atoms with Gasteiger partial charge in [-0.1, -0.05) is 22.0 Å². The molecule has 0 radical (unpaired) electrons. The molecule has 22 heavy (non-hydrogen) atoms. The van der Waals surface area contributed by atoms with Crippen molar-refractivity contribution in [3.05, 3.63) is 57.1 Å². The molecule has 2 aromatic rings. The number of rotatable bonds is 4. The zero-order valence-corrected chi connectivity index (χ0v) is 13.3. The van der Waals surface area contributed by atoms with E-state index in [1.54, 1.807) is 25.1 Å². The molecule has 0 fully saturated rings. The second-order valence-corrected chi connectivity index (χ2v) is 5.77. The van der Waals surface area contributed by atoms with Crippen molar-refractivity contribution in [2.45, 2.75) is 13.5 Å². The summed E-state index contributed by atoms with van der Waals surface area (Å²) < 4.78 is 0.789. The number of benzene rings is 2. The molecule has 4 N–H and O–H groups in total. The van der Waals surface area contributed by atoms with E-state index in [-0.39, 0.29) is 23.2 Å². The molecule has 2 aromatic carbocycles. The van der Waals surface area contributed by atoms with Crippen LogP contribution in [0.5, 0.6) is 0 Å². The smallest absolute Gasteiger partial charge is 0.336 e. The Bertz CT molecular complexity index is 736. The van der Waals surface area contributed by atoms with E-state index in [4.69, 9.17) is 5.73 Å². The summed E-state index contributed by atoms with van der Waals surface area (Å²) in [5.41, 5.74) is 7.57. The Labute approximate surface area is 135 Å². The third-order valence-electron chi connectivity index (χ3n) is 3.30. The van der Waals surface area contributed by atoms with Crippen LogP contribution in [0.3, 0.4) is 0 Å². The fourth-order valence-electron chi connectivity index (χ4n) is 2.39. The molecule has 0 unspecified atom stereocenters. The van der Waals surface area contributed by atoms with Crippen molar-refractivity contribution in [1.29, 1.82) is 0 Å². The van der Waals surface area contributed by atoms with E-state index < -0.39 is 11.9 Å². The zero-order chi connectivity index (χ0) is 16.4. The summed E-state index contributed by atoms with van der Waals surface area (Å²) in [4.78, 5) is 23.1. The monoisotopic (exact) mass is 363 g/mol. The summed E-state index contributed by atoms with van der Waals surface area (Å²) in [5.74, 6) is -2.35. The van der Waals surface area contributed by atoms with E-state index in [1.807, 2.05) is 0 Å². The van der Waals surface area contributed by atoms with Gasteiger partial charge in [-0.3, -0.25) is 0 Å². The molecule has 0 spiro atoms. The number of aromatic carboxylic acids is 2. The third kappa shape index (κ3) is 3.03. The van der Waals surface area contributed by atoms with Crippen molar-refractivity contribution < 1.29 is 19.8 Å². The third-order valence-corrected chi connectivity index (χ3v) is 3.79. The quantitative estimate of drug-likeness (QED) is 0.773. The largest absolute Gasteiger partial charge is 0.478 e. The maximum Gasteiger partial charge on any atom is 0.336 e. The second-order valence-electron chi connectivity index (χ2n) is 4.85. The number of carboxylic acids is 2. The fraction of sp³-hybridized carbons (Fsp3) is 0.125. The maximum atomic E-state index is 11.6. The number of hydrogen-bond acceptors (Lipinski definition) is 3. The van der Waals surface area contributed by atoms with Crippen LogP contribution in [-0.4, -0.2) is 22.2 Å². The zero-order valence-electron chi connectivity index (χ0n) is 11.8. The summed E-state index contributed by atoms with van der Waals surface area (Å²) in [6.07, 6.45) is 0. The Morgan fingerprint density at radius 1 is 1.09 bits per heavy atom. The number of aryl methyl sites for hydroxylation is 1. The van der Waals surface area contributed by atoms with Gasteiger partial charge in [0.1, 0.15) is 0 Å². The Kier molecular flexibility index (Phi) is 4.63. The number of hydrogen-bond donors (Lipinski definition) is 3. The molecule has 6 heteroatoms. The molecule has 114 valence electrons. The Balaban J connectivity index is 2.89. The molecule has 2 rings (SSSR count). The highest BCUT2D eigenvalue weighted by atomic mass is 79.9. The Hall–Kier alpha value is -2.18. The molecule has 0 aliphatic rings. The van der Waals surface area contributed by atoms with E-state index >= 15 is 0 Å². The lowest BCUT2D eigenvalue weighted by molar-refractivity contribution is 0.0696. The molecule has 0 atom stereocenters. The second kappa shape index (κ2) is 6.29. The fourth-order valence-corrected chi connectivity index (χ4v) is 2.80. The van der Waals surface area contributed by atoms with Crippen molar-refractivity contribution in [3.8, 4) is 11.1 Å². The topological polar surface area (TPSA) is 101 Å². The van der Waals surface area contributed by atoms with Crippen molar-refractivity contribution >= 4 is 27.9 Å². The van der Waals surface area contributed by atoms with E-state index in [1.165, 1.54) is 12.1 Å². The van der Waals surface area contributed by atoms with Crippen molar-refractivity contribution in [1.82, 2.24) is 0 Å². The number of nitrogens with two attached hydrogens (primary N) is 1. The molecule has 0 aliphatic carbocycles. The number of halogens is 1. The highest BCUT2D eigenvalue weighted by Crippen LogP contribution is 2.33. The molecule has 0 saturated heterocycles. The van der Waals surface area contributed by atoms with E-state index in [0.717, 1.165) is 4.47 Å². The van der Waals surface area contributed by atoms with Gasteiger partial charge in [-0.2, -0.15) is 0 Å². The van der Waals surface area contributed by atoms with Gasteiger partial charge in [0.25, 0.3) is 0 Å². The molecular formula is C16H14BrNO4. The number of carboxylic acid groups (broad SMARTS) is 2. The van der Waals surface area contributed by atoms with Gasteiger partial charge in [-0.05, 0) is 47.9 Å². The van der Waals surface area contributed by atoms with Crippen LogP contribution < -0.4 is 5.73 Å². The molecule has 0 aliphatic heterocycles. The first-order valence-corrected chi connectivity index (χ1v) is 7.24. The van der Waals surface area contributed by atoms with E-state index in [0.29, 0.717) is 16.7 Å². The van der Waals surface area contributed by atoms with Gasteiger partial charge in [-0.15, -0.1) is 0 Å². The van der Waals surface area contributed by atoms with Gasteiger partial charge < -0.3 is 15.9 Å². The number of carbonyl (C=O) groups is 2. The molecular weight excluding hydrogens is 350 g/mol. The predicted octanol–water partition coefficient (Wildman–Crippen LogP) is 3.28. The maximum absolute atomic E-state index is 11.6. The van der Waals surface area contributed by atoms with Gasteiger partial charge in [0.2, 0.25) is 0 Å². The first kappa shape index (κ1) is 16.2. The molecule has 0 aromatic heterocycles. The average molecular weight is 364 g/mol. The van der Waals surface area contributed by atoms with Gasteiger partial charge in [-0.25, -0.2) is 9.59 Å². The standard InChI is InChI=1S/C16H14BrNO4/c1-8-4-12(15(19)20)14(13(5-8)16(21)22)11-3-2-10(17)6-9(11)7-18/h2-6H,7,18H2,1H3,(H,19,20)(H,21,22). The lowest BCUT2D eigenvalue weighted by Crippen LogP contribution is -2.10. The van der Waals surface area contributed by atoms with Crippen molar-refractivity contribution in [3.63, 3.8) is 0 Å². The van der Waals surface area contributed by atoms with Gasteiger partial charge in [0.05, 0.1) is 11.1 Å². The first-order valence-electron chi connectivity index (χ1n) is 6.45.